The van der Waals surface area contributed by atoms with Crippen molar-refractivity contribution in [3.8, 4) is 22.8 Å². The van der Waals surface area contributed by atoms with Gasteiger partial charge in [0.15, 0.2) is 0 Å². The number of nitrogens with one attached hydrogen (secondary N) is 1. The van der Waals surface area contributed by atoms with Crippen molar-refractivity contribution >= 4 is 15.7 Å². The van der Waals surface area contributed by atoms with E-state index in [1.165, 1.54) is 26.5 Å². The Morgan fingerprint density at radius 3 is 2.31 bits per heavy atom. The van der Waals surface area contributed by atoms with Gasteiger partial charge in [-0.2, -0.15) is 0 Å². The Kier molecular flexibility index (Phi) is 5.09. The molecule has 26 heavy (non-hydrogen) atoms. The third-order valence-corrected chi connectivity index (χ3v) is 5.15. The minimum absolute atomic E-state index is 0.00788. The zero-order chi connectivity index (χ0) is 18.6. The largest absolute Gasteiger partial charge is 0.497 e. The van der Waals surface area contributed by atoms with Gasteiger partial charge in [-0.15, -0.1) is 0 Å². The van der Waals surface area contributed by atoms with E-state index in [1.807, 2.05) is 30.3 Å². The standard InChI is InChI=1S/C19H18N2O4S/c1-24-16-9-11-18(25-2)19(12-16)26(22,23)21-15-8-10-17(20-13-15)14-6-4-3-5-7-14/h3-13,21H,1-2H3. The molecule has 0 aliphatic rings. The molecular formula is C19H18N2O4S. The van der Waals surface area contributed by atoms with Crippen LogP contribution in [0.2, 0.25) is 0 Å². The van der Waals surface area contributed by atoms with E-state index in [9.17, 15) is 8.42 Å². The van der Waals surface area contributed by atoms with Crippen molar-refractivity contribution < 1.29 is 17.9 Å². The molecule has 1 heterocycles. The summed E-state index contributed by atoms with van der Waals surface area (Å²) >= 11 is 0. The summed E-state index contributed by atoms with van der Waals surface area (Å²) in [5, 5.41) is 0. The number of pyridine rings is 1. The van der Waals surface area contributed by atoms with Crippen LogP contribution >= 0.6 is 0 Å². The molecule has 0 atom stereocenters. The summed E-state index contributed by atoms with van der Waals surface area (Å²) in [6, 6.07) is 17.7. The summed E-state index contributed by atoms with van der Waals surface area (Å²) in [4.78, 5) is 4.31. The summed E-state index contributed by atoms with van der Waals surface area (Å²) in [5.74, 6) is 0.649. The summed E-state index contributed by atoms with van der Waals surface area (Å²) < 4.78 is 38.2. The number of benzene rings is 2. The molecule has 134 valence electrons. The third kappa shape index (κ3) is 3.78. The normalized spacial score (nSPS) is 11.0. The molecule has 2 aromatic carbocycles. The van der Waals surface area contributed by atoms with Gasteiger partial charge in [0.2, 0.25) is 0 Å². The first-order chi connectivity index (χ1) is 12.5. The Balaban J connectivity index is 1.88. The lowest BCUT2D eigenvalue weighted by atomic mass is 10.1. The second-order valence-corrected chi connectivity index (χ2v) is 7.07. The van der Waals surface area contributed by atoms with Crippen LogP contribution in [0.3, 0.4) is 0 Å². The zero-order valence-electron chi connectivity index (χ0n) is 14.3. The summed E-state index contributed by atoms with van der Waals surface area (Å²) in [6.45, 7) is 0. The number of rotatable bonds is 6. The van der Waals surface area contributed by atoms with Crippen LogP contribution in [0, 0.1) is 0 Å². The fourth-order valence-electron chi connectivity index (χ4n) is 2.44. The van der Waals surface area contributed by atoms with E-state index in [2.05, 4.69) is 9.71 Å². The van der Waals surface area contributed by atoms with Gasteiger partial charge in [0.25, 0.3) is 10.0 Å². The smallest absolute Gasteiger partial charge is 0.265 e. The first-order valence-electron chi connectivity index (χ1n) is 7.80. The maximum atomic E-state index is 12.7. The van der Waals surface area contributed by atoms with Gasteiger partial charge in [-0.1, -0.05) is 30.3 Å². The molecule has 0 fully saturated rings. The first-order valence-corrected chi connectivity index (χ1v) is 9.28. The van der Waals surface area contributed by atoms with Crippen molar-refractivity contribution in [2.24, 2.45) is 0 Å². The molecule has 0 unspecified atom stereocenters. The van der Waals surface area contributed by atoms with Crippen LogP contribution in [0.25, 0.3) is 11.3 Å². The highest BCUT2D eigenvalue weighted by molar-refractivity contribution is 7.92. The highest BCUT2D eigenvalue weighted by atomic mass is 32.2. The van der Waals surface area contributed by atoms with Gasteiger partial charge in [-0.05, 0) is 24.3 Å². The molecule has 0 aliphatic carbocycles. The van der Waals surface area contributed by atoms with E-state index in [1.54, 1.807) is 24.3 Å². The molecule has 0 aliphatic heterocycles. The fraction of sp³-hybridized carbons (Fsp3) is 0.105. The predicted octanol–water partition coefficient (Wildman–Crippen LogP) is 3.57. The molecular weight excluding hydrogens is 352 g/mol. The zero-order valence-corrected chi connectivity index (χ0v) is 15.2. The highest BCUT2D eigenvalue weighted by Gasteiger charge is 2.21. The maximum Gasteiger partial charge on any atom is 0.265 e. The maximum absolute atomic E-state index is 12.7. The van der Waals surface area contributed by atoms with Gasteiger partial charge in [0.05, 0.1) is 31.8 Å². The van der Waals surface area contributed by atoms with Crippen LogP contribution in [-0.2, 0) is 10.0 Å². The average Bonchev–Trinajstić information content (AvgIpc) is 2.68. The third-order valence-electron chi connectivity index (χ3n) is 3.75. The molecule has 0 bridgehead atoms. The Hall–Kier alpha value is -3.06. The number of anilines is 1. The number of hydrogen-bond acceptors (Lipinski definition) is 5. The molecule has 3 aromatic rings. The average molecular weight is 370 g/mol. The van der Waals surface area contributed by atoms with Gasteiger partial charge in [0, 0.05) is 11.6 Å². The van der Waals surface area contributed by atoms with Crippen molar-refractivity contribution in [3.05, 3.63) is 66.9 Å². The molecule has 0 radical (unpaired) electrons. The van der Waals surface area contributed by atoms with Gasteiger partial charge < -0.3 is 9.47 Å². The van der Waals surface area contributed by atoms with Gasteiger partial charge in [0.1, 0.15) is 16.4 Å². The Labute approximate surface area is 152 Å². The minimum Gasteiger partial charge on any atom is -0.497 e. The molecule has 7 heteroatoms. The molecule has 0 saturated heterocycles. The highest BCUT2D eigenvalue weighted by Crippen LogP contribution is 2.30. The minimum atomic E-state index is -3.86. The SMILES string of the molecule is COc1ccc(OC)c(S(=O)(=O)Nc2ccc(-c3ccccc3)nc2)c1. The van der Waals surface area contributed by atoms with Crippen molar-refractivity contribution in [2.45, 2.75) is 4.90 Å². The monoisotopic (exact) mass is 370 g/mol. The van der Waals surface area contributed by atoms with E-state index < -0.39 is 10.0 Å². The van der Waals surface area contributed by atoms with Crippen LogP contribution in [-0.4, -0.2) is 27.6 Å². The van der Waals surface area contributed by atoms with Crippen molar-refractivity contribution in [2.75, 3.05) is 18.9 Å². The molecule has 1 N–H and O–H groups in total. The Morgan fingerprint density at radius 1 is 0.923 bits per heavy atom. The van der Waals surface area contributed by atoms with Crippen LogP contribution < -0.4 is 14.2 Å². The van der Waals surface area contributed by atoms with Gasteiger partial charge in [-0.25, -0.2) is 8.42 Å². The first kappa shape index (κ1) is 17.8. The van der Waals surface area contributed by atoms with E-state index in [-0.39, 0.29) is 10.6 Å². The Bertz CT molecular complexity index is 988. The Morgan fingerprint density at radius 2 is 1.69 bits per heavy atom. The van der Waals surface area contributed by atoms with Gasteiger partial charge >= 0.3 is 0 Å². The van der Waals surface area contributed by atoms with E-state index >= 15 is 0 Å². The lowest BCUT2D eigenvalue weighted by molar-refractivity contribution is 0.392. The van der Waals surface area contributed by atoms with Crippen molar-refractivity contribution in [1.29, 1.82) is 0 Å². The van der Waals surface area contributed by atoms with Crippen molar-refractivity contribution in [1.82, 2.24) is 4.98 Å². The molecule has 0 amide bonds. The topological polar surface area (TPSA) is 77.5 Å². The quantitative estimate of drug-likeness (QED) is 0.718. The van der Waals surface area contributed by atoms with Crippen molar-refractivity contribution in [3.63, 3.8) is 0 Å². The summed E-state index contributed by atoms with van der Waals surface area (Å²) in [7, 11) is -0.977. The predicted molar refractivity (Wildman–Crippen MR) is 100 cm³/mol. The number of methoxy groups -OCH3 is 2. The lowest BCUT2D eigenvalue weighted by Gasteiger charge is -2.13. The number of ether oxygens (including phenoxy) is 2. The number of sulfonamides is 1. The van der Waals surface area contributed by atoms with E-state index in [4.69, 9.17) is 9.47 Å². The lowest BCUT2D eigenvalue weighted by Crippen LogP contribution is -2.14. The second-order valence-electron chi connectivity index (χ2n) is 5.42. The number of hydrogen-bond donors (Lipinski definition) is 1. The van der Waals surface area contributed by atoms with E-state index in [0.29, 0.717) is 11.4 Å². The molecule has 0 spiro atoms. The molecule has 0 saturated carbocycles. The van der Waals surface area contributed by atoms with Gasteiger partial charge in [-0.3, -0.25) is 9.71 Å². The summed E-state index contributed by atoms with van der Waals surface area (Å²) in [5.41, 5.74) is 2.07. The number of nitrogens with zero attached hydrogens (tertiary/aromatic N) is 1. The fourth-order valence-corrected chi connectivity index (χ4v) is 3.67. The van der Waals surface area contributed by atoms with Crippen LogP contribution in [0.1, 0.15) is 0 Å². The van der Waals surface area contributed by atoms with E-state index in [0.717, 1.165) is 11.3 Å². The van der Waals surface area contributed by atoms with Crippen LogP contribution in [0.15, 0.2) is 71.8 Å². The molecule has 6 nitrogen and oxygen atoms in total. The summed E-state index contributed by atoms with van der Waals surface area (Å²) in [6.07, 6.45) is 1.48. The van der Waals surface area contributed by atoms with Crippen LogP contribution in [0.4, 0.5) is 5.69 Å². The molecule has 1 aromatic heterocycles. The molecule has 3 rings (SSSR count). The number of aromatic nitrogens is 1. The second kappa shape index (κ2) is 7.45. The van der Waals surface area contributed by atoms with Crippen LogP contribution in [0.5, 0.6) is 11.5 Å².